The highest BCUT2D eigenvalue weighted by Crippen LogP contribution is 2.43. The molecule has 0 radical (unpaired) electrons. The van der Waals surface area contributed by atoms with Crippen LogP contribution in [0, 0.1) is 0 Å². The van der Waals surface area contributed by atoms with Crippen molar-refractivity contribution in [3.8, 4) is 0 Å². The molecule has 0 saturated heterocycles. The molecule has 0 spiro atoms. The van der Waals surface area contributed by atoms with Crippen molar-refractivity contribution in [3.05, 3.63) is 60.8 Å². The third-order valence-corrected chi connectivity index (χ3v) is 14.5. The van der Waals surface area contributed by atoms with Gasteiger partial charge in [0.2, 0.25) is 0 Å². The number of phosphoric ester groups is 1. The van der Waals surface area contributed by atoms with Gasteiger partial charge < -0.3 is 18.9 Å². The maximum atomic E-state index is 12.8. The van der Waals surface area contributed by atoms with Gasteiger partial charge in [-0.1, -0.05) is 248 Å². The monoisotopic (exact) mass is 1060 g/mol. The number of nitrogens with zero attached hydrogens (tertiary/aromatic N) is 1. The molecule has 9 nitrogen and oxygen atoms in total. The van der Waals surface area contributed by atoms with Crippen molar-refractivity contribution in [2.75, 3.05) is 47.5 Å². The molecule has 0 aromatic heterocycles. The maximum Gasteiger partial charge on any atom is 0.472 e. The van der Waals surface area contributed by atoms with E-state index in [0.717, 1.165) is 77.0 Å². The van der Waals surface area contributed by atoms with Crippen LogP contribution in [-0.4, -0.2) is 74.9 Å². The van der Waals surface area contributed by atoms with Gasteiger partial charge in [0.05, 0.1) is 27.7 Å². The Morgan fingerprint density at radius 1 is 0.419 bits per heavy atom. The highest BCUT2D eigenvalue weighted by Gasteiger charge is 2.27. The van der Waals surface area contributed by atoms with E-state index in [0.29, 0.717) is 17.4 Å². The SMILES string of the molecule is CCCCC/C=C\C/C=C\C/C=C\CCCCCCCCC(=O)OC(COC(=O)CCCCCCCCCCCCCCCCCCCCC/C=C\C/C=C\CCCCCCC)COP(=O)(O)OCC[N+](C)(C)C. The number of hydrogen-bond acceptors (Lipinski definition) is 7. The van der Waals surface area contributed by atoms with Gasteiger partial charge in [0, 0.05) is 12.8 Å². The van der Waals surface area contributed by atoms with Crippen LogP contribution in [0.15, 0.2) is 60.8 Å². The molecular formula is C64H119NO8P+. The molecule has 0 heterocycles. The summed E-state index contributed by atoms with van der Waals surface area (Å²) < 4.78 is 34.6. The normalized spacial score (nSPS) is 13.6. The van der Waals surface area contributed by atoms with E-state index >= 15 is 0 Å². The zero-order chi connectivity index (χ0) is 54.2. The molecule has 74 heavy (non-hydrogen) atoms. The Hall–Kier alpha value is -2.29. The first-order valence-corrected chi connectivity index (χ1v) is 32.5. The van der Waals surface area contributed by atoms with Gasteiger partial charge in [-0.15, -0.1) is 0 Å². The smallest absolute Gasteiger partial charge is 0.462 e. The minimum Gasteiger partial charge on any atom is -0.462 e. The molecular weight excluding hydrogens is 942 g/mol. The third-order valence-electron chi connectivity index (χ3n) is 13.5. The van der Waals surface area contributed by atoms with Crippen molar-refractivity contribution in [1.29, 1.82) is 0 Å². The lowest BCUT2D eigenvalue weighted by molar-refractivity contribution is -0.870. The van der Waals surface area contributed by atoms with Gasteiger partial charge in [0.1, 0.15) is 19.8 Å². The minimum atomic E-state index is -4.39. The number of phosphoric acid groups is 1. The number of carbonyl (C=O) groups is 2. The van der Waals surface area contributed by atoms with E-state index in [1.54, 1.807) is 0 Å². The largest absolute Gasteiger partial charge is 0.472 e. The number of carbonyl (C=O) groups excluding carboxylic acids is 2. The van der Waals surface area contributed by atoms with E-state index in [-0.39, 0.29) is 32.0 Å². The third kappa shape index (κ3) is 59.0. The van der Waals surface area contributed by atoms with Crippen LogP contribution in [0.2, 0.25) is 0 Å². The summed E-state index contributed by atoms with van der Waals surface area (Å²) in [5.41, 5.74) is 0. The quantitative estimate of drug-likeness (QED) is 0.0211. The number of quaternary nitrogens is 1. The summed E-state index contributed by atoms with van der Waals surface area (Å²) in [6, 6.07) is 0. The average Bonchev–Trinajstić information content (AvgIpc) is 3.36. The first-order chi connectivity index (χ1) is 36.0. The molecule has 10 heteroatoms. The number of rotatable bonds is 57. The van der Waals surface area contributed by atoms with Crippen LogP contribution in [0.25, 0.3) is 0 Å². The second kappa shape index (κ2) is 55.5. The van der Waals surface area contributed by atoms with E-state index in [9.17, 15) is 19.0 Å². The molecule has 0 fully saturated rings. The van der Waals surface area contributed by atoms with Crippen LogP contribution in [0.5, 0.6) is 0 Å². The molecule has 0 rings (SSSR count). The predicted octanol–water partition coefficient (Wildman–Crippen LogP) is 19.5. The van der Waals surface area contributed by atoms with E-state index < -0.39 is 26.5 Å². The number of allylic oxidation sites excluding steroid dienone is 10. The Labute approximate surface area is 457 Å². The van der Waals surface area contributed by atoms with Gasteiger partial charge in [0.15, 0.2) is 6.10 Å². The average molecular weight is 1060 g/mol. The summed E-state index contributed by atoms with van der Waals surface area (Å²) in [5.74, 6) is -0.803. The fourth-order valence-electron chi connectivity index (χ4n) is 8.70. The van der Waals surface area contributed by atoms with Crippen molar-refractivity contribution in [1.82, 2.24) is 0 Å². The molecule has 0 aliphatic rings. The molecule has 0 saturated carbocycles. The van der Waals surface area contributed by atoms with Crippen molar-refractivity contribution in [2.24, 2.45) is 0 Å². The first kappa shape index (κ1) is 71.7. The van der Waals surface area contributed by atoms with E-state index in [2.05, 4.69) is 74.6 Å². The van der Waals surface area contributed by atoms with Gasteiger partial charge in [0.25, 0.3) is 0 Å². The molecule has 1 N–H and O–H groups in total. The lowest BCUT2D eigenvalue weighted by Crippen LogP contribution is -2.37. The minimum absolute atomic E-state index is 0.0282. The summed E-state index contributed by atoms with van der Waals surface area (Å²) in [5, 5.41) is 0. The number of esters is 2. The standard InChI is InChI=1S/C64H118NO8P/c1-6-8-10-12-14-16-18-20-22-24-26-27-28-29-30-31-32-33-34-35-36-37-39-40-42-44-46-48-50-52-54-56-63(66)70-60-62(61-72-74(68,69)71-59-58-65(3,4)5)73-64(67)57-55-53-51-49-47-45-43-41-38-25-23-21-19-17-15-13-11-9-7-2/h15,17-18,20-21,23-24,26,38,41,62H,6-14,16,19,22,25,27-37,39-40,42-61H2,1-5H3/p+1/b17-15-,20-18-,23-21-,26-24-,41-38-. The predicted molar refractivity (Wildman–Crippen MR) is 316 cm³/mol. The van der Waals surface area contributed by atoms with Crippen molar-refractivity contribution in [2.45, 2.75) is 290 Å². The highest BCUT2D eigenvalue weighted by atomic mass is 31.2. The Morgan fingerprint density at radius 2 is 0.730 bits per heavy atom. The number of likely N-dealkylation sites (N-methyl/N-ethyl adjacent to an activating group) is 1. The van der Waals surface area contributed by atoms with Gasteiger partial charge in [-0.2, -0.15) is 0 Å². The fraction of sp³-hybridized carbons (Fsp3) is 0.812. The maximum absolute atomic E-state index is 12.8. The van der Waals surface area contributed by atoms with Crippen LogP contribution in [0.3, 0.4) is 0 Å². The van der Waals surface area contributed by atoms with E-state index in [1.807, 2.05) is 21.1 Å². The first-order valence-electron chi connectivity index (χ1n) is 31.0. The summed E-state index contributed by atoms with van der Waals surface area (Å²) in [7, 11) is 1.47. The molecule has 0 aromatic carbocycles. The zero-order valence-corrected chi connectivity index (χ0v) is 50.0. The van der Waals surface area contributed by atoms with Gasteiger partial charge in [-0.3, -0.25) is 18.6 Å². The summed E-state index contributed by atoms with van der Waals surface area (Å²) >= 11 is 0. The van der Waals surface area contributed by atoms with Crippen molar-refractivity contribution < 1.29 is 42.1 Å². The van der Waals surface area contributed by atoms with Crippen LogP contribution < -0.4 is 0 Å². The van der Waals surface area contributed by atoms with Gasteiger partial charge in [-0.05, 0) is 83.5 Å². The molecule has 2 unspecified atom stereocenters. The highest BCUT2D eigenvalue weighted by molar-refractivity contribution is 7.47. The second-order valence-electron chi connectivity index (χ2n) is 22.1. The number of hydrogen-bond donors (Lipinski definition) is 1. The van der Waals surface area contributed by atoms with Crippen LogP contribution in [0.1, 0.15) is 284 Å². The zero-order valence-electron chi connectivity index (χ0n) is 49.1. The summed E-state index contributed by atoms with van der Waals surface area (Å²) in [6.45, 7) is 4.41. The fourth-order valence-corrected chi connectivity index (χ4v) is 9.44. The van der Waals surface area contributed by atoms with Crippen LogP contribution in [-0.2, 0) is 32.7 Å². The molecule has 0 bridgehead atoms. The van der Waals surface area contributed by atoms with Crippen LogP contribution in [0.4, 0.5) is 0 Å². The molecule has 0 aromatic rings. The van der Waals surface area contributed by atoms with Gasteiger partial charge >= 0.3 is 19.8 Å². The number of ether oxygens (including phenoxy) is 2. The second-order valence-corrected chi connectivity index (χ2v) is 23.5. The Kier molecular flexibility index (Phi) is 53.7. The van der Waals surface area contributed by atoms with Crippen LogP contribution >= 0.6 is 7.82 Å². The van der Waals surface area contributed by atoms with Crippen molar-refractivity contribution >= 4 is 19.8 Å². The summed E-state index contributed by atoms with van der Waals surface area (Å²) in [6.07, 6.45) is 71.6. The molecule has 0 amide bonds. The lowest BCUT2D eigenvalue weighted by atomic mass is 10.0. The summed E-state index contributed by atoms with van der Waals surface area (Å²) in [4.78, 5) is 35.7. The Balaban J connectivity index is 4.06. The topological polar surface area (TPSA) is 108 Å². The van der Waals surface area contributed by atoms with E-state index in [4.69, 9.17) is 18.5 Å². The Bertz CT molecular complexity index is 1430. The number of unbranched alkanes of at least 4 members (excludes halogenated alkanes) is 33. The molecule has 432 valence electrons. The molecule has 2 atom stereocenters. The van der Waals surface area contributed by atoms with Crippen molar-refractivity contribution in [3.63, 3.8) is 0 Å². The molecule has 0 aliphatic carbocycles. The van der Waals surface area contributed by atoms with Gasteiger partial charge in [-0.25, -0.2) is 4.57 Å². The molecule has 0 aliphatic heterocycles. The van der Waals surface area contributed by atoms with E-state index in [1.165, 1.54) is 173 Å². The Morgan fingerprint density at radius 3 is 1.11 bits per heavy atom. The lowest BCUT2D eigenvalue weighted by Gasteiger charge is -2.24.